The molecule has 0 rings (SSSR count). The van der Waals surface area contributed by atoms with Crippen molar-refractivity contribution in [3.8, 4) is 0 Å². The van der Waals surface area contributed by atoms with Gasteiger partial charge in [0.1, 0.15) is 0 Å². The van der Waals surface area contributed by atoms with Gasteiger partial charge in [0, 0.05) is 6.04 Å². The van der Waals surface area contributed by atoms with Gasteiger partial charge in [0.05, 0.1) is 0 Å². The van der Waals surface area contributed by atoms with E-state index in [9.17, 15) is 0 Å². The second-order valence-electron chi connectivity index (χ2n) is 1.69. The molecule has 2 N–H and O–H groups in total. The van der Waals surface area contributed by atoms with E-state index < -0.39 is 0 Å². The maximum absolute atomic E-state index is 5.51. The van der Waals surface area contributed by atoms with Crippen molar-refractivity contribution in [2.45, 2.75) is 25.8 Å². The lowest BCUT2D eigenvalue weighted by molar-refractivity contribution is 0.660. The first-order chi connectivity index (χ1) is 3.31. The minimum Gasteiger partial charge on any atom is -0.327 e. The zero-order valence-corrected chi connectivity index (χ0v) is 6.08. The number of halogens is 1. The molecule has 0 fully saturated rings. The van der Waals surface area contributed by atoms with Gasteiger partial charge in [-0.1, -0.05) is 13.0 Å². The molecule has 1 nitrogen and oxygen atoms in total. The Morgan fingerprint density at radius 2 is 2.25 bits per heavy atom. The number of rotatable bonds is 3. The van der Waals surface area contributed by atoms with E-state index in [1.54, 1.807) is 0 Å². The van der Waals surface area contributed by atoms with Crippen LogP contribution in [0.15, 0.2) is 12.7 Å². The summed E-state index contributed by atoms with van der Waals surface area (Å²) in [5, 5.41) is 0. The molecule has 0 saturated carbocycles. The van der Waals surface area contributed by atoms with Gasteiger partial charge in [0.2, 0.25) is 0 Å². The molecular formula is C6H14ClN. The maximum atomic E-state index is 5.51. The number of nitrogens with two attached hydrogens (primary N) is 1. The summed E-state index contributed by atoms with van der Waals surface area (Å²) in [6.45, 7) is 5.65. The fourth-order valence-electron chi connectivity index (χ4n) is 0.381. The summed E-state index contributed by atoms with van der Waals surface area (Å²) in [7, 11) is 0. The highest BCUT2D eigenvalue weighted by Crippen LogP contribution is 1.91. The van der Waals surface area contributed by atoms with E-state index in [0.717, 1.165) is 12.8 Å². The number of hydrogen-bond acceptors (Lipinski definition) is 1. The molecule has 0 amide bonds. The van der Waals surface area contributed by atoms with E-state index >= 15 is 0 Å². The molecular weight excluding hydrogens is 122 g/mol. The predicted octanol–water partition coefficient (Wildman–Crippen LogP) is 1.72. The van der Waals surface area contributed by atoms with E-state index in [-0.39, 0.29) is 12.4 Å². The van der Waals surface area contributed by atoms with E-state index in [1.165, 1.54) is 0 Å². The fraction of sp³-hybridized carbons (Fsp3) is 0.667. The largest absolute Gasteiger partial charge is 0.327 e. The quantitative estimate of drug-likeness (QED) is 0.586. The molecule has 50 valence electrons. The molecule has 0 aliphatic rings. The molecule has 0 aliphatic carbocycles. The Kier molecular flexibility index (Phi) is 9.51. The molecule has 0 bridgehead atoms. The molecule has 0 aromatic heterocycles. The normalized spacial score (nSPS) is 11.8. The smallest absolute Gasteiger partial charge is 0.00706 e. The van der Waals surface area contributed by atoms with Gasteiger partial charge in [-0.05, 0) is 12.8 Å². The molecule has 1 atom stereocenters. The second kappa shape index (κ2) is 6.99. The highest BCUT2D eigenvalue weighted by molar-refractivity contribution is 5.85. The molecule has 0 aliphatic heterocycles. The van der Waals surface area contributed by atoms with Crippen LogP contribution in [0.1, 0.15) is 19.8 Å². The Bertz CT molecular complexity index is 54.5. The van der Waals surface area contributed by atoms with Crippen molar-refractivity contribution < 1.29 is 0 Å². The molecule has 0 saturated heterocycles. The Hall–Kier alpha value is -0.0100. The predicted molar refractivity (Wildman–Crippen MR) is 40.3 cm³/mol. The summed E-state index contributed by atoms with van der Waals surface area (Å²) >= 11 is 0. The zero-order chi connectivity index (χ0) is 5.70. The van der Waals surface area contributed by atoms with Crippen LogP contribution in [0.5, 0.6) is 0 Å². The van der Waals surface area contributed by atoms with Crippen LogP contribution in [-0.4, -0.2) is 6.04 Å². The summed E-state index contributed by atoms with van der Waals surface area (Å²) in [5.74, 6) is 0. The van der Waals surface area contributed by atoms with Crippen LogP contribution >= 0.6 is 12.4 Å². The van der Waals surface area contributed by atoms with E-state index in [4.69, 9.17) is 5.73 Å². The van der Waals surface area contributed by atoms with Crippen LogP contribution in [0.2, 0.25) is 0 Å². The molecule has 0 aromatic rings. The third-order valence-corrected chi connectivity index (χ3v) is 0.994. The van der Waals surface area contributed by atoms with Crippen LogP contribution in [0.4, 0.5) is 0 Å². The van der Waals surface area contributed by atoms with Gasteiger partial charge in [-0.2, -0.15) is 0 Å². The fourth-order valence-corrected chi connectivity index (χ4v) is 0.381. The lowest BCUT2D eigenvalue weighted by Crippen LogP contribution is -2.16. The lowest BCUT2D eigenvalue weighted by Gasteiger charge is -2.00. The SMILES string of the molecule is C=CCC(N)CC.Cl. The average Bonchev–Trinajstić information content (AvgIpc) is 1.68. The minimum atomic E-state index is 0. The minimum absolute atomic E-state index is 0. The van der Waals surface area contributed by atoms with Crippen LogP contribution in [0.3, 0.4) is 0 Å². The van der Waals surface area contributed by atoms with Crippen molar-refractivity contribution in [2.75, 3.05) is 0 Å². The van der Waals surface area contributed by atoms with E-state index in [1.807, 2.05) is 6.08 Å². The summed E-state index contributed by atoms with van der Waals surface area (Å²) in [6.07, 6.45) is 3.84. The third kappa shape index (κ3) is 5.99. The Balaban J connectivity index is 0. The maximum Gasteiger partial charge on any atom is 0.00706 e. The van der Waals surface area contributed by atoms with E-state index in [2.05, 4.69) is 13.5 Å². The van der Waals surface area contributed by atoms with Crippen molar-refractivity contribution >= 4 is 12.4 Å². The Labute approximate surface area is 57.4 Å². The molecule has 0 aromatic carbocycles. The van der Waals surface area contributed by atoms with Crippen LogP contribution in [0, 0.1) is 0 Å². The second-order valence-corrected chi connectivity index (χ2v) is 1.69. The number of hydrogen-bond donors (Lipinski definition) is 1. The van der Waals surface area contributed by atoms with E-state index in [0.29, 0.717) is 6.04 Å². The first-order valence-corrected chi connectivity index (χ1v) is 2.67. The lowest BCUT2D eigenvalue weighted by atomic mass is 10.2. The van der Waals surface area contributed by atoms with Crippen molar-refractivity contribution in [2.24, 2.45) is 5.73 Å². The standard InChI is InChI=1S/C6H13N.ClH/c1-3-5-6(7)4-2;/h3,6H,1,4-5,7H2,2H3;1H. The summed E-state index contributed by atoms with van der Waals surface area (Å²) < 4.78 is 0. The van der Waals surface area contributed by atoms with Crippen LogP contribution in [0.25, 0.3) is 0 Å². The van der Waals surface area contributed by atoms with Gasteiger partial charge in [0.25, 0.3) is 0 Å². The van der Waals surface area contributed by atoms with Crippen molar-refractivity contribution in [1.82, 2.24) is 0 Å². The Morgan fingerprint density at radius 1 is 1.75 bits per heavy atom. The van der Waals surface area contributed by atoms with Crippen molar-refractivity contribution in [3.63, 3.8) is 0 Å². The molecule has 0 radical (unpaired) electrons. The zero-order valence-electron chi connectivity index (χ0n) is 5.26. The Morgan fingerprint density at radius 3 is 2.38 bits per heavy atom. The molecule has 0 spiro atoms. The van der Waals surface area contributed by atoms with Gasteiger partial charge in [0.15, 0.2) is 0 Å². The van der Waals surface area contributed by atoms with Crippen LogP contribution < -0.4 is 5.73 Å². The van der Waals surface area contributed by atoms with Crippen LogP contribution in [-0.2, 0) is 0 Å². The van der Waals surface area contributed by atoms with Crippen molar-refractivity contribution in [1.29, 1.82) is 0 Å². The third-order valence-electron chi connectivity index (χ3n) is 0.994. The highest BCUT2D eigenvalue weighted by atomic mass is 35.5. The summed E-state index contributed by atoms with van der Waals surface area (Å²) in [5.41, 5.74) is 5.51. The molecule has 1 unspecified atom stereocenters. The molecule has 0 heterocycles. The van der Waals surface area contributed by atoms with Gasteiger partial charge >= 0.3 is 0 Å². The van der Waals surface area contributed by atoms with Gasteiger partial charge in [-0.15, -0.1) is 19.0 Å². The average molecular weight is 136 g/mol. The first-order valence-electron chi connectivity index (χ1n) is 2.67. The summed E-state index contributed by atoms with van der Waals surface area (Å²) in [4.78, 5) is 0. The first kappa shape index (κ1) is 10.9. The van der Waals surface area contributed by atoms with Gasteiger partial charge in [-0.3, -0.25) is 0 Å². The van der Waals surface area contributed by atoms with Crippen molar-refractivity contribution in [3.05, 3.63) is 12.7 Å². The van der Waals surface area contributed by atoms with Gasteiger partial charge < -0.3 is 5.73 Å². The molecule has 2 heteroatoms. The molecule has 8 heavy (non-hydrogen) atoms. The summed E-state index contributed by atoms with van der Waals surface area (Å²) in [6, 6.07) is 0.331. The topological polar surface area (TPSA) is 26.0 Å². The van der Waals surface area contributed by atoms with Gasteiger partial charge in [-0.25, -0.2) is 0 Å². The highest BCUT2D eigenvalue weighted by Gasteiger charge is 1.90. The monoisotopic (exact) mass is 135 g/mol.